The molecule has 4 aliphatic rings. The van der Waals surface area contributed by atoms with Gasteiger partial charge in [-0.05, 0) is 86.5 Å². The fraction of sp³-hybridized carbons (Fsp3) is 0.538. The minimum Gasteiger partial charge on any atom is -0.490 e. The van der Waals surface area contributed by atoms with Crippen LogP contribution in [0.1, 0.15) is 56.6 Å². The maximum atomic E-state index is 6.66. The van der Waals surface area contributed by atoms with Crippen LogP contribution >= 0.6 is 11.6 Å². The van der Waals surface area contributed by atoms with E-state index >= 15 is 0 Å². The van der Waals surface area contributed by atoms with E-state index in [2.05, 4.69) is 23.5 Å². The standard InChI is InChI=1S/C26H32ClNO2/c1-2-29-24-12-22(11-23(27)25(24)30-17-18-6-4-3-5-7-18)16-28-26-13-19-8-20(14-26)10-21(9-19)15-26/h3-7,11-12,19-21,28H,2,8-10,13-17H2,1H3. The van der Waals surface area contributed by atoms with Gasteiger partial charge in [0.1, 0.15) is 6.61 Å². The normalized spacial score (nSPS) is 29.2. The Morgan fingerprint density at radius 2 is 1.60 bits per heavy atom. The fourth-order valence-corrected chi connectivity index (χ4v) is 6.76. The van der Waals surface area contributed by atoms with Gasteiger partial charge in [-0.25, -0.2) is 0 Å². The summed E-state index contributed by atoms with van der Waals surface area (Å²) in [6, 6.07) is 14.3. The smallest absolute Gasteiger partial charge is 0.180 e. The number of ether oxygens (including phenoxy) is 2. The summed E-state index contributed by atoms with van der Waals surface area (Å²) in [6.07, 6.45) is 8.45. The van der Waals surface area contributed by atoms with Gasteiger partial charge in [-0.2, -0.15) is 0 Å². The summed E-state index contributed by atoms with van der Waals surface area (Å²) in [5, 5.41) is 4.59. The molecule has 1 N–H and O–H groups in total. The third-order valence-electron chi connectivity index (χ3n) is 7.30. The van der Waals surface area contributed by atoms with Crippen LogP contribution in [0.25, 0.3) is 0 Å². The Balaban J connectivity index is 1.30. The molecule has 4 aliphatic carbocycles. The number of hydrogen-bond donors (Lipinski definition) is 1. The molecular formula is C26H32ClNO2. The molecule has 0 radical (unpaired) electrons. The molecule has 0 aromatic heterocycles. The number of hydrogen-bond acceptors (Lipinski definition) is 3. The lowest BCUT2D eigenvalue weighted by Gasteiger charge is -2.57. The molecule has 30 heavy (non-hydrogen) atoms. The third-order valence-corrected chi connectivity index (χ3v) is 7.58. The van der Waals surface area contributed by atoms with Crippen molar-refractivity contribution in [3.8, 4) is 11.5 Å². The zero-order valence-electron chi connectivity index (χ0n) is 17.8. The average Bonchev–Trinajstić information content (AvgIpc) is 2.72. The van der Waals surface area contributed by atoms with Crippen molar-refractivity contribution in [3.63, 3.8) is 0 Å². The predicted molar refractivity (Wildman–Crippen MR) is 121 cm³/mol. The SMILES string of the molecule is CCOc1cc(CNC23CC4CC(CC(C4)C2)C3)cc(Cl)c1OCc1ccccc1. The van der Waals surface area contributed by atoms with Gasteiger partial charge in [0.15, 0.2) is 11.5 Å². The summed E-state index contributed by atoms with van der Waals surface area (Å²) in [7, 11) is 0. The van der Waals surface area contributed by atoms with Gasteiger partial charge in [-0.1, -0.05) is 41.9 Å². The zero-order chi connectivity index (χ0) is 20.6. The van der Waals surface area contributed by atoms with Crippen LogP contribution in [-0.4, -0.2) is 12.1 Å². The summed E-state index contributed by atoms with van der Waals surface area (Å²) in [4.78, 5) is 0. The van der Waals surface area contributed by atoms with E-state index in [4.69, 9.17) is 21.1 Å². The Kier molecular flexibility index (Phi) is 5.68. The minimum absolute atomic E-state index is 0.343. The molecule has 0 atom stereocenters. The molecule has 0 amide bonds. The summed E-state index contributed by atoms with van der Waals surface area (Å²) in [6.45, 7) is 3.90. The van der Waals surface area contributed by atoms with E-state index < -0.39 is 0 Å². The van der Waals surface area contributed by atoms with Crippen LogP contribution < -0.4 is 14.8 Å². The van der Waals surface area contributed by atoms with Crippen LogP contribution in [0.3, 0.4) is 0 Å². The number of rotatable bonds is 8. The molecule has 0 saturated heterocycles. The largest absolute Gasteiger partial charge is 0.490 e. The van der Waals surface area contributed by atoms with Gasteiger partial charge in [0.25, 0.3) is 0 Å². The molecule has 0 unspecified atom stereocenters. The summed E-state index contributed by atoms with van der Waals surface area (Å²) >= 11 is 6.66. The van der Waals surface area contributed by atoms with Crippen molar-refractivity contribution in [2.45, 2.75) is 64.1 Å². The molecule has 2 aromatic rings. The highest BCUT2D eigenvalue weighted by atomic mass is 35.5. The van der Waals surface area contributed by atoms with E-state index in [9.17, 15) is 0 Å². The molecule has 4 saturated carbocycles. The monoisotopic (exact) mass is 425 g/mol. The molecule has 4 fully saturated rings. The third kappa shape index (κ3) is 4.20. The summed E-state index contributed by atoms with van der Waals surface area (Å²) in [5.74, 6) is 4.21. The summed E-state index contributed by atoms with van der Waals surface area (Å²) in [5.41, 5.74) is 2.63. The van der Waals surface area contributed by atoms with E-state index in [0.29, 0.717) is 29.5 Å². The summed E-state index contributed by atoms with van der Waals surface area (Å²) < 4.78 is 12.0. The van der Waals surface area contributed by atoms with Crippen LogP contribution in [0.5, 0.6) is 11.5 Å². The lowest BCUT2D eigenvalue weighted by Crippen LogP contribution is -2.58. The maximum Gasteiger partial charge on any atom is 0.180 e. The van der Waals surface area contributed by atoms with E-state index in [-0.39, 0.29) is 0 Å². The first-order chi connectivity index (χ1) is 14.6. The van der Waals surface area contributed by atoms with Crippen molar-refractivity contribution in [1.29, 1.82) is 0 Å². The van der Waals surface area contributed by atoms with Crippen molar-refractivity contribution < 1.29 is 9.47 Å². The van der Waals surface area contributed by atoms with Gasteiger partial charge < -0.3 is 14.8 Å². The molecule has 0 heterocycles. The Morgan fingerprint density at radius 3 is 2.23 bits per heavy atom. The molecule has 0 aliphatic heterocycles. The van der Waals surface area contributed by atoms with Crippen LogP contribution in [0.4, 0.5) is 0 Å². The highest BCUT2D eigenvalue weighted by Crippen LogP contribution is 2.55. The highest BCUT2D eigenvalue weighted by Gasteiger charge is 2.50. The zero-order valence-corrected chi connectivity index (χ0v) is 18.6. The molecule has 4 heteroatoms. The van der Waals surface area contributed by atoms with Gasteiger partial charge in [0.05, 0.1) is 11.6 Å². The van der Waals surface area contributed by atoms with Gasteiger partial charge in [-0.15, -0.1) is 0 Å². The highest BCUT2D eigenvalue weighted by molar-refractivity contribution is 6.32. The molecule has 6 rings (SSSR count). The Labute approximate surface area is 185 Å². The van der Waals surface area contributed by atoms with Crippen LogP contribution in [0.2, 0.25) is 5.02 Å². The predicted octanol–water partition coefficient (Wildman–Crippen LogP) is 6.38. The minimum atomic E-state index is 0.343. The second-order valence-electron chi connectivity index (χ2n) is 9.66. The van der Waals surface area contributed by atoms with Gasteiger partial charge in [0, 0.05) is 12.1 Å². The lowest BCUT2D eigenvalue weighted by atomic mass is 9.53. The molecule has 2 aromatic carbocycles. The van der Waals surface area contributed by atoms with Gasteiger partial charge >= 0.3 is 0 Å². The Morgan fingerprint density at radius 1 is 0.933 bits per heavy atom. The average molecular weight is 426 g/mol. The van der Waals surface area contributed by atoms with Crippen LogP contribution in [-0.2, 0) is 13.2 Å². The molecular weight excluding hydrogens is 394 g/mol. The second-order valence-corrected chi connectivity index (χ2v) is 10.1. The lowest BCUT2D eigenvalue weighted by molar-refractivity contribution is -0.0206. The van der Waals surface area contributed by atoms with E-state index in [1.165, 1.54) is 44.1 Å². The van der Waals surface area contributed by atoms with Gasteiger partial charge in [0.2, 0.25) is 0 Å². The van der Waals surface area contributed by atoms with Crippen molar-refractivity contribution in [1.82, 2.24) is 5.32 Å². The van der Waals surface area contributed by atoms with Crippen LogP contribution in [0.15, 0.2) is 42.5 Å². The van der Waals surface area contributed by atoms with Crippen molar-refractivity contribution >= 4 is 11.6 Å². The quantitative estimate of drug-likeness (QED) is 0.532. The Hall–Kier alpha value is -1.71. The van der Waals surface area contributed by atoms with E-state index in [1.54, 1.807) is 0 Å². The molecule has 4 bridgehead atoms. The van der Waals surface area contributed by atoms with Crippen molar-refractivity contribution in [3.05, 3.63) is 58.6 Å². The first-order valence-electron chi connectivity index (χ1n) is 11.5. The first kappa shape index (κ1) is 20.2. The Bertz CT molecular complexity index is 847. The number of halogens is 1. The van der Waals surface area contributed by atoms with E-state index in [1.807, 2.05) is 31.2 Å². The number of nitrogens with one attached hydrogen (secondary N) is 1. The maximum absolute atomic E-state index is 6.66. The van der Waals surface area contributed by atoms with Crippen molar-refractivity contribution in [2.24, 2.45) is 17.8 Å². The van der Waals surface area contributed by atoms with Crippen molar-refractivity contribution in [2.75, 3.05) is 6.61 Å². The van der Waals surface area contributed by atoms with Gasteiger partial charge in [-0.3, -0.25) is 0 Å². The van der Waals surface area contributed by atoms with Crippen LogP contribution in [0, 0.1) is 17.8 Å². The fourth-order valence-electron chi connectivity index (χ4n) is 6.47. The topological polar surface area (TPSA) is 30.5 Å². The first-order valence-corrected chi connectivity index (χ1v) is 11.9. The second kappa shape index (κ2) is 8.43. The molecule has 3 nitrogen and oxygen atoms in total. The molecule has 0 spiro atoms. The molecule has 160 valence electrons. The van der Waals surface area contributed by atoms with E-state index in [0.717, 1.165) is 35.6 Å². The number of benzene rings is 2.